The van der Waals surface area contributed by atoms with E-state index in [1.165, 1.54) is 0 Å². The minimum Gasteiger partial charge on any atom is -0.396 e. The van der Waals surface area contributed by atoms with Crippen molar-refractivity contribution in [2.75, 3.05) is 6.61 Å². The van der Waals surface area contributed by atoms with E-state index in [0.29, 0.717) is 6.42 Å². The van der Waals surface area contributed by atoms with Gasteiger partial charge in [-0.05, 0) is 24.8 Å². The molecule has 110 valence electrons. The molecule has 0 spiro atoms. The van der Waals surface area contributed by atoms with Gasteiger partial charge in [-0.3, -0.25) is 4.79 Å². The fraction of sp³-hybridized carbons (Fsp3) is 0.562. The van der Waals surface area contributed by atoms with Gasteiger partial charge in [0.2, 0.25) is 5.91 Å². The lowest BCUT2D eigenvalue weighted by molar-refractivity contribution is -0.123. The molecule has 1 aromatic carbocycles. The van der Waals surface area contributed by atoms with Crippen LogP contribution in [0.1, 0.15) is 31.2 Å². The molecule has 1 aliphatic carbocycles. The molecule has 3 unspecified atom stereocenters. The van der Waals surface area contributed by atoms with Crippen molar-refractivity contribution in [1.82, 2.24) is 5.32 Å². The van der Waals surface area contributed by atoms with Crippen LogP contribution in [0, 0.1) is 5.92 Å². The predicted molar refractivity (Wildman–Crippen MR) is 79.1 cm³/mol. The molecule has 2 rings (SSSR count). The summed E-state index contributed by atoms with van der Waals surface area (Å²) in [4.78, 5) is 12.2. The monoisotopic (exact) mass is 276 g/mol. The van der Waals surface area contributed by atoms with Crippen LogP contribution in [0.4, 0.5) is 0 Å². The lowest BCUT2D eigenvalue weighted by Gasteiger charge is -2.31. The highest BCUT2D eigenvalue weighted by molar-refractivity contribution is 5.82. The number of nitrogens with two attached hydrogens (primary N) is 1. The van der Waals surface area contributed by atoms with Gasteiger partial charge in [0.25, 0.3) is 0 Å². The molecule has 4 heteroatoms. The predicted octanol–water partition coefficient (Wildman–Crippen LogP) is 1.22. The molecule has 1 amide bonds. The Morgan fingerprint density at radius 3 is 2.70 bits per heavy atom. The Hall–Kier alpha value is -1.39. The quantitative estimate of drug-likeness (QED) is 0.757. The summed E-state index contributed by atoms with van der Waals surface area (Å²) in [5, 5.41) is 12.4. The lowest BCUT2D eigenvalue weighted by atomic mass is 9.85. The summed E-state index contributed by atoms with van der Waals surface area (Å²) in [6.07, 6.45) is 4.70. The molecule has 1 fully saturated rings. The number of carbonyl (C=O) groups excluding carboxylic acids is 1. The van der Waals surface area contributed by atoms with Gasteiger partial charge >= 0.3 is 0 Å². The van der Waals surface area contributed by atoms with Gasteiger partial charge in [-0.1, -0.05) is 43.2 Å². The molecule has 4 N–H and O–H groups in total. The molecule has 0 heterocycles. The summed E-state index contributed by atoms with van der Waals surface area (Å²) in [5.41, 5.74) is 7.05. The zero-order valence-electron chi connectivity index (χ0n) is 11.8. The van der Waals surface area contributed by atoms with Gasteiger partial charge in [0, 0.05) is 18.6 Å². The van der Waals surface area contributed by atoms with E-state index in [2.05, 4.69) is 5.32 Å². The van der Waals surface area contributed by atoms with Crippen LogP contribution in [0.2, 0.25) is 0 Å². The first-order valence-corrected chi connectivity index (χ1v) is 7.41. The number of aliphatic hydroxyl groups excluding tert-OH is 1. The molecule has 3 atom stereocenters. The molecule has 1 aliphatic rings. The van der Waals surface area contributed by atoms with Gasteiger partial charge in [-0.2, -0.15) is 0 Å². The third-order valence-corrected chi connectivity index (χ3v) is 4.11. The standard InChI is InChI=1S/C16H24N2O2/c17-14(10-12-6-2-1-3-7-12)16(20)18-15-9-5-4-8-13(15)11-19/h1-3,6-7,13-15,19H,4-5,8-11,17H2,(H,18,20). The third kappa shape index (κ3) is 4.05. The number of nitrogens with one attached hydrogen (secondary N) is 1. The molecule has 4 nitrogen and oxygen atoms in total. The van der Waals surface area contributed by atoms with E-state index in [-0.39, 0.29) is 24.5 Å². The van der Waals surface area contributed by atoms with Gasteiger partial charge < -0.3 is 16.2 Å². The largest absolute Gasteiger partial charge is 0.396 e. The summed E-state index contributed by atoms with van der Waals surface area (Å²) in [6, 6.07) is 9.34. The SMILES string of the molecule is NC(Cc1ccccc1)C(=O)NC1CCCCC1CO. The number of amides is 1. The number of hydrogen-bond donors (Lipinski definition) is 3. The maximum atomic E-state index is 12.2. The minimum absolute atomic E-state index is 0.0723. The minimum atomic E-state index is -0.529. The number of hydrogen-bond acceptors (Lipinski definition) is 3. The first kappa shape index (κ1) is 15.0. The maximum Gasteiger partial charge on any atom is 0.237 e. The third-order valence-electron chi connectivity index (χ3n) is 4.11. The number of rotatable bonds is 5. The van der Waals surface area contributed by atoms with E-state index < -0.39 is 6.04 Å². The van der Waals surface area contributed by atoms with Crippen molar-refractivity contribution in [2.45, 2.75) is 44.2 Å². The van der Waals surface area contributed by atoms with Crippen molar-refractivity contribution in [3.8, 4) is 0 Å². The molecule has 0 aliphatic heterocycles. The van der Waals surface area contributed by atoms with E-state index in [1.807, 2.05) is 30.3 Å². The summed E-state index contributed by atoms with van der Waals surface area (Å²) in [5.74, 6) is 0.0656. The molecule has 1 aromatic rings. The molecule has 0 aromatic heterocycles. The molecular formula is C16H24N2O2. The smallest absolute Gasteiger partial charge is 0.237 e. The Balaban J connectivity index is 1.87. The van der Waals surface area contributed by atoms with Crippen LogP contribution in [0.5, 0.6) is 0 Å². The topological polar surface area (TPSA) is 75.4 Å². The number of benzene rings is 1. The Morgan fingerprint density at radius 2 is 2.00 bits per heavy atom. The summed E-state index contributed by atoms with van der Waals surface area (Å²) >= 11 is 0. The summed E-state index contributed by atoms with van der Waals surface area (Å²) < 4.78 is 0. The van der Waals surface area contributed by atoms with Crippen LogP contribution < -0.4 is 11.1 Å². The van der Waals surface area contributed by atoms with E-state index in [1.54, 1.807) is 0 Å². The average molecular weight is 276 g/mol. The zero-order valence-corrected chi connectivity index (χ0v) is 11.8. The van der Waals surface area contributed by atoms with E-state index in [9.17, 15) is 9.90 Å². The van der Waals surface area contributed by atoms with Crippen molar-refractivity contribution in [3.05, 3.63) is 35.9 Å². The van der Waals surface area contributed by atoms with E-state index >= 15 is 0 Å². The van der Waals surface area contributed by atoms with E-state index in [4.69, 9.17) is 5.73 Å². The normalized spacial score (nSPS) is 24.1. The molecule has 0 saturated heterocycles. The molecule has 0 radical (unpaired) electrons. The van der Waals surface area contributed by atoms with Crippen LogP contribution in [0.3, 0.4) is 0 Å². The zero-order chi connectivity index (χ0) is 14.4. The van der Waals surface area contributed by atoms with Crippen molar-refractivity contribution < 1.29 is 9.90 Å². The maximum absolute atomic E-state index is 12.2. The fourth-order valence-electron chi connectivity index (χ4n) is 2.87. The Labute approximate surface area is 120 Å². The first-order valence-electron chi connectivity index (χ1n) is 7.41. The Kier molecular flexibility index (Phi) is 5.56. The second kappa shape index (κ2) is 7.41. The van der Waals surface area contributed by atoms with Crippen molar-refractivity contribution in [1.29, 1.82) is 0 Å². The highest BCUT2D eigenvalue weighted by Crippen LogP contribution is 2.24. The fourth-order valence-corrected chi connectivity index (χ4v) is 2.87. The van der Waals surface area contributed by atoms with Crippen molar-refractivity contribution in [3.63, 3.8) is 0 Å². The second-order valence-electron chi connectivity index (χ2n) is 5.64. The molecule has 20 heavy (non-hydrogen) atoms. The van der Waals surface area contributed by atoms with Crippen LogP contribution in [-0.2, 0) is 11.2 Å². The van der Waals surface area contributed by atoms with Gasteiger partial charge in [-0.25, -0.2) is 0 Å². The average Bonchev–Trinajstić information content (AvgIpc) is 2.48. The van der Waals surface area contributed by atoms with Crippen molar-refractivity contribution >= 4 is 5.91 Å². The van der Waals surface area contributed by atoms with Gasteiger partial charge in [0.15, 0.2) is 0 Å². The second-order valence-corrected chi connectivity index (χ2v) is 5.64. The Bertz CT molecular complexity index is 422. The van der Waals surface area contributed by atoms with Crippen molar-refractivity contribution in [2.24, 2.45) is 11.7 Å². The lowest BCUT2D eigenvalue weighted by Crippen LogP contribution is -2.50. The van der Waals surface area contributed by atoms with Gasteiger partial charge in [0.1, 0.15) is 0 Å². The van der Waals surface area contributed by atoms with Gasteiger partial charge in [-0.15, -0.1) is 0 Å². The van der Waals surface area contributed by atoms with Crippen LogP contribution >= 0.6 is 0 Å². The summed E-state index contributed by atoms with van der Waals surface area (Å²) in [7, 11) is 0. The Morgan fingerprint density at radius 1 is 1.30 bits per heavy atom. The van der Waals surface area contributed by atoms with Gasteiger partial charge in [0.05, 0.1) is 6.04 Å². The molecule has 0 bridgehead atoms. The molecular weight excluding hydrogens is 252 g/mol. The van der Waals surface area contributed by atoms with Crippen LogP contribution in [0.15, 0.2) is 30.3 Å². The highest BCUT2D eigenvalue weighted by atomic mass is 16.3. The van der Waals surface area contributed by atoms with Crippen LogP contribution in [0.25, 0.3) is 0 Å². The molecule has 1 saturated carbocycles. The van der Waals surface area contributed by atoms with E-state index in [0.717, 1.165) is 31.2 Å². The highest BCUT2D eigenvalue weighted by Gasteiger charge is 2.27. The number of carbonyl (C=O) groups is 1. The number of aliphatic hydroxyl groups is 1. The first-order chi connectivity index (χ1) is 9.70. The summed E-state index contributed by atoms with van der Waals surface area (Å²) in [6.45, 7) is 0.138. The van der Waals surface area contributed by atoms with Crippen LogP contribution in [-0.4, -0.2) is 29.7 Å².